The maximum Gasteiger partial charge on any atom is 0.273 e. The summed E-state index contributed by atoms with van der Waals surface area (Å²) < 4.78 is 13.8. The van der Waals surface area contributed by atoms with E-state index in [0.29, 0.717) is 23.7 Å². The Morgan fingerprint density at radius 2 is 1.96 bits per heavy atom. The summed E-state index contributed by atoms with van der Waals surface area (Å²) in [5.41, 5.74) is 4.71. The molecule has 0 unspecified atom stereocenters. The number of amides is 1. The fourth-order valence-corrected chi connectivity index (χ4v) is 3.49. The molecule has 1 heterocycles. The van der Waals surface area contributed by atoms with Crippen molar-refractivity contribution in [3.05, 3.63) is 75.6 Å². The third-order valence-corrected chi connectivity index (χ3v) is 4.75. The van der Waals surface area contributed by atoms with Crippen molar-refractivity contribution in [1.29, 1.82) is 0 Å². The zero-order valence-electron chi connectivity index (χ0n) is 15.6. The first-order chi connectivity index (χ1) is 13.6. The number of benzene rings is 2. The molecular weight excluding hydrogens is 469 g/mol. The molecule has 1 N–H and O–H groups in total. The number of hydrazone groups is 1. The lowest BCUT2D eigenvalue weighted by atomic mass is 10.1. The Hall–Kier alpha value is -2.81. The molecule has 1 amide bonds. The maximum absolute atomic E-state index is 12.6. The number of nitrogens with zero attached hydrogens (tertiary/aromatic N) is 2. The lowest BCUT2D eigenvalue weighted by Crippen LogP contribution is -2.19. The smallest absolute Gasteiger partial charge is 0.273 e. The lowest BCUT2D eigenvalue weighted by molar-refractivity contribution is 0.0955. The first kappa shape index (κ1) is 19.9. The van der Waals surface area contributed by atoms with Gasteiger partial charge in [-0.1, -0.05) is 12.1 Å². The molecule has 0 saturated carbocycles. The highest BCUT2D eigenvalue weighted by molar-refractivity contribution is 14.1. The van der Waals surface area contributed by atoms with Crippen molar-refractivity contribution in [1.82, 2.24) is 9.99 Å². The number of methoxy groups -OCH3 is 1. The molecule has 0 saturated heterocycles. The SMILES string of the molecule is CCOc1c(I)cc(/C=N/NC(=O)c2ccccc2-n2cccc2)cc1OC. The van der Waals surface area contributed by atoms with Gasteiger partial charge >= 0.3 is 0 Å². The van der Waals surface area contributed by atoms with Crippen LogP contribution in [0.2, 0.25) is 0 Å². The molecule has 0 spiro atoms. The van der Waals surface area contributed by atoms with Crippen LogP contribution >= 0.6 is 22.6 Å². The van der Waals surface area contributed by atoms with E-state index in [1.165, 1.54) is 0 Å². The third-order valence-electron chi connectivity index (χ3n) is 3.95. The van der Waals surface area contributed by atoms with Gasteiger partial charge in [-0.3, -0.25) is 4.79 Å². The molecule has 0 aliphatic rings. The van der Waals surface area contributed by atoms with Crippen LogP contribution in [0.4, 0.5) is 0 Å². The normalized spacial score (nSPS) is 10.8. The number of halogens is 1. The first-order valence-electron chi connectivity index (χ1n) is 8.70. The Morgan fingerprint density at radius 1 is 1.21 bits per heavy atom. The highest BCUT2D eigenvalue weighted by Crippen LogP contribution is 2.33. The zero-order valence-corrected chi connectivity index (χ0v) is 17.7. The van der Waals surface area contributed by atoms with Crippen molar-refractivity contribution in [2.24, 2.45) is 5.10 Å². The van der Waals surface area contributed by atoms with Crippen LogP contribution in [0.5, 0.6) is 11.5 Å². The molecule has 3 aromatic rings. The molecule has 0 bridgehead atoms. The van der Waals surface area contributed by atoms with Crippen LogP contribution in [0.1, 0.15) is 22.8 Å². The van der Waals surface area contributed by atoms with E-state index in [0.717, 1.165) is 14.8 Å². The summed E-state index contributed by atoms with van der Waals surface area (Å²) in [6.07, 6.45) is 5.36. The van der Waals surface area contributed by atoms with Crippen molar-refractivity contribution in [3.63, 3.8) is 0 Å². The summed E-state index contributed by atoms with van der Waals surface area (Å²) in [6, 6.07) is 14.9. The minimum atomic E-state index is -0.284. The Kier molecular flexibility index (Phi) is 6.70. The highest BCUT2D eigenvalue weighted by Gasteiger charge is 2.12. The fraction of sp³-hybridized carbons (Fsp3) is 0.143. The summed E-state index contributed by atoms with van der Waals surface area (Å²) in [5.74, 6) is 1.04. The van der Waals surface area contributed by atoms with Crippen molar-refractivity contribution < 1.29 is 14.3 Å². The van der Waals surface area contributed by atoms with Crippen LogP contribution in [0.25, 0.3) is 5.69 Å². The van der Waals surface area contributed by atoms with Gasteiger partial charge in [0.25, 0.3) is 5.91 Å². The van der Waals surface area contributed by atoms with E-state index >= 15 is 0 Å². The van der Waals surface area contributed by atoms with Crippen LogP contribution in [0.3, 0.4) is 0 Å². The zero-order chi connectivity index (χ0) is 19.9. The summed E-state index contributed by atoms with van der Waals surface area (Å²) in [4.78, 5) is 12.6. The molecule has 28 heavy (non-hydrogen) atoms. The van der Waals surface area contributed by atoms with Crippen LogP contribution < -0.4 is 14.9 Å². The number of carbonyl (C=O) groups excluding carboxylic acids is 1. The largest absolute Gasteiger partial charge is 0.493 e. The molecular formula is C21H20IN3O3. The molecule has 0 aliphatic carbocycles. The molecule has 1 aromatic heterocycles. The van der Waals surface area contributed by atoms with Crippen LogP contribution in [0.15, 0.2) is 66.0 Å². The van der Waals surface area contributed by atoms with Gasteiger partial charge in [0.15, 0.2) is 11.5 Å². The van der Waals surface area contributed by atoms with Gasteiger partial charge < -0.3 is 14.0 Å². The van der Waals surface area contributed by atoms with E-state index in [-0.39, 0.29) is 5.91 Å². The monoisotopic (exact) mass is 489 g/mol. The van der Waals surface area contributed by atoms with E-state index in [1.807, 2.05) is 66.3 Å². The molecule has 3 rings (SSSR count). The number of rotatable bonds is 7. The van der Waals surface area contributed by atoms with Gasteiger partial charge in [-0.15, -0.1) is 0 Å². The van der Waals surface area contributed by atoms with E-state index in [4.69, 9.17) is 9.47 Å². The fourth-order valence-electron chi connectivity index (χ4n) is 2.71. The highest BCUT2D eigenvalue weighted by atomic mass is 127. The second-order valence-corrected chi connectivity index (χ2v) is 6.94. The Labute approximate surface area is 177 Å². The molecule has 6 nitrogen and oxygen atoms in total. The second-order valence-electron chi connectivity index (χ2n) is 5.77. The molecule has 0 atom stereocenters. The standard InChI is InChI=1S/C21H20IN3O3/c1-3-28-20-17(22)12-15(13-19(20)27-2)14-23-24-21(26)16-8-4-5-9-18(16)25-10-6-7-11-25/h4-14H,3H2,1-2H3,(H,24,26)/b23-14+. The van der Waals surface area contributed by atoms with Crippen LogP contribution in [-0.2, 0) is 0 Å². The number of hydrogen-bond donors (Lipinski definition) is 1. The minimum Gasteiger partial charge on any atom is -0.493 e. The van der Waals surface area contributed by atoms with Gasteiger partial charge in [-0.05, 0) is 71.5 Å². The predicted octanol–water partition coefficient (Wildman–Crippen LogP) is 4.25. The summed E-state index contributed by atoms with van der Waals surface area (Å²) in [7, 11) is 1.59. The maximum atomic E-state index is 12.6. The average molecular weight is 489 g/mol. The number of ether oxygens (including phenoxy) is 2. The molecule has 0 fully saturated rings. The Bertz CT molecular complexity index is 985. The number of aromatic nitrogens is 1. The van der Waals surface area contributed by atoms with Crippen molar-refractivity contribution in [2.45, 2.75) is 6.92 Å². The molecule has 144 valence electrons. The van der Waals surface area contributed by atoms with E-state index < -0.39 is 0 Å². The number of hydrogen-bond acceptors (Lipinski definition) is 4. The summed E-state index contributed by atoms with van der Waals surface area (Å²) >= 11 is 2.19. The Balaban J connectivity index is 1.77. The number of nitrogens with one attached hydrogen (secondary N) is 1. The quantitative estimate of drug-likeness (QED) is 0.307. The van der Waals surface area contributed by atoms with Gasteiger partial charge in [-0.2, -0.15) is 5.10 Å². The number of carbonyl (C=O) groups is 1. The van der Waals surface area contributed by atoms with E-state index in [2.05, 4.69) is 33.1 Å². The Morgan fingerprint density at radius 3 is 2.68 bits per heavy atom. The molecule has 2 aromatic carbocycles. The van der Waals surface area contributed by atoms with E-state index in [9.17, 15) is 4.79 Å². The van der Waals surface area contributed by atoms with Crippen molar-refractivity contribution in [2.75, 3.05) is 13.7 Å². The summed E-state index contributed by atoms with van der Waals surface area (Å²) in [5, 5.41) is 4.10. The van der Waals surface area contributed by atoms with Crippen LogP contribution in [-0.4, -0.2) is 30.4 Å². The van der Waals surface area contributed by atoms with Gasteiger partial charge in [0, 0.05) is 12.4 Å². The molecule has 7 heteroatoms. The third kappa shape index (κ3) is 4.53. The van der Waals surface area contributed by atoms with Crippen molar-refractivity contribution in [3.8, 4) is 17.2 Å². The number of para-hydroxylation sites is 1. The van der Waals surface area contributed by atoms with E-state index in [1.54, 1.807) is 19.4 Å². The molecule has 0 radical (unpaired) electrons. The molecule has 0 aliphatic heterocycles. The van der Waals surface area contributed by atoms with Gasteiger partial charge in [-0.25, -0.2) is 5.43 Å². The predicted molar refractivity (Wildman–Crippen MR) is 118 cm³/mol. The second kappa shape index (κ2) is 9.41. The van der Waals surface area contributed by atoms with Crippen molar-refractivity contribution >= 4 is 34.7 Å². The lowest BCUT2D eigenvalue weighted by Gasteiger charge is -2.12. The minimum absolute atomic E-state index is 0.284. The van der Waals surface area contributed by atoms with Crippen LogP contribution in [0, 0.1) is 3.57 Å². The first-order valence-corrected chi connectivity index (χ1v) is 9.78. The van der Waals surface area contributed by atoms with Gasteiger partial charge in [0.05, 0.1) is 34.8 Å². The van der Waals surface area contributed by atoms with Gasteiger partial charge in [0.1, 0.15) is 0 Å². The summed E-state index contributed by atoms with van der Waals surface area (Å²) in [6.45, 7) is 2.47. The topological polar surface area (TPSA) is 64.8 Å². The average Bonchev–Trinajstić information content (AvgIpc) is 3.24. The van der Waals surface area contributed by atoms with Gasteiger partial charge in [0.2, 0.25) is 0 Å².